The fourth-order valence-corrected chi connectivity index (χ4v) is 1.82. The highest BCUT2D eigenvalue weighted by Gasteiger charge is 2.23. The summed E-state index contributed by atoms with van der Waals surface area (Å²) in [5.41, 5.74) is 6.28. The highest BCUT2D eigenvalue weighted by molar-refractivity contribution is 5.81. The molecule has 0 aliphatic rings. The summed E-state index contributed by atoms with van der Waals surface area (Å²) in [6.45, 7) is 2.12. The van der Waals surface area contributed by atoms with Gasteiger partial charge in [0.15, 0.2) is 11.6 Å². The molecule has 0 spiro atoms. The van der Waals surface area contributed by atoms with Gasteiger partial charge in [0.2, 0.25) is 5.91 Å². The van der Waals surface area contributed by atoms with Gasteiger partial charge in [0.25, 0.3) is 0 Å². The van der Waals surface area contributed by atoms with Gasteiger partial charge in [0.1, 0.15) is 0 Å². The minimum absolute atomic E-state index is 0.265. The van der Waals surface area contributed by atoms with E-state index in [9.17, 15) is 13.6 Å². The number of benzene rings is 1. The Balaban J connectivity index is 2.77. The quantitative estimate of drug-likeness (QED) is 0.868. The zero-order valence-electron chi connectivity index (χ0n) is 11.9. The van der Waals surface area contributed by atoms with Gasteiger partial charge in [-0.3, -0.25) is 4.79 Å². The molecule has 0 saturated carbocycles. The molecule has 6 heteroatoms. The lowest BCUT2D eigenvalue weighted by Gasteiger charge is -2.28. The van der Waals surface area contributed by atoms with Crippen molar-refractivity contribution in [2.75, 3.05) is 20.8 Å². The van der Waals surface area contributed by atoms with Crippen LogP contribution in [0.1, 0.15) is 24.9 Å². The van der Waals surface area contributed by atoms with E-state index in [1.54, 1.807) is 14.0 Å². The van der Waals surface area contributed by atoms with Crippen molar-refractivity contribution in [1.82, 2.24) is 4.90 Å². The molecular weight excluding hydrogens is 266 g/mol. The number of rotatable bonds is 6. The zero-order valence-corrected chi connectivity index (χ0v) is 11.9. The third-order valence-corrected chi connectivity index (χ3v) is 3.30. The van der Waals surface area contributed by atoms with Gasteiger partial charge in [0, 0.05) is 20.8 Å². The highest BCUT2D eigenvalue weighted by Crippen LogP contribution is 2.21. The topological polar surface area (TPSA) is 55.6 Å². The molecular formula is C14H20F2N2O2. The van der Waals surface area contributed by atoms with E-state index in [-0.39, 0.29) is 5.91 Å². The smallest absolute Gasteiger partial charge is 0.239 e. The van der Waals surface area contributed by atoms with E-state index in [0.717, 1.165) is 12.1 Å². The van der Waals surface area contributed by atoms with Crippen LogP contribution >= 0.6 is 0 Å². The molecule has 2 atom stereocenters. The maximum absolute atomic E-state index is 13.2. The largest absolute Gasteiger partial charge is 0.385 e. The molecule has 1 aromatic rings. The first-order valence-corrected chi connectivity index (χ1v) is 6.34. The molecule has 1 amide bonds. The Morgan fingerprint density at radius 1 is 1.40 bits per heavy atom. The summed E-state index contributed by atoms with van der Waals surface area (Å²) in [5.74, 6) is -2.11. The predicted octanol–water partition coefficient (Wildman–Crippen LogP) is 1.85. The average Bonchev–Trinajstić information content (AvgIpc) is 2.45. The van der Waals surface area contributed by atoms with Crippen LogP contribution in [0.25, 0.3) is 0 Å². The third-order valence-electron chi connectivity index (χ3n) is 3.30. The number of hydrogen-bond donors (Lipinski definition) is 1. The molecule has 0 fully saturated rings. The standard InChI is InChI=1S/C14H20F2N2O2/c1-9(10-4-5-11(15)12(16)8-10)18(2)14(19)13(17)6-7-20-3/h4-5,8-9,13H,6-7,17H2,1-3H3. The fraction of sp³-hybridized carbons (Fsp3) is 0.500. The van der Waals surface area contributed by atoms with Gasteiger partial charge >= 0.3 is 0 Å². The monoisotopic (exact) mass is 286 g/mol. The van der Waals surface area contributed by atoms with Gasteiger partial charge in [-0.2, -0.15) is 0 Å². The third kappa shape index (κ3) is 3.98. The Kier molecular flexibility index (Phi) is 6.04. The number of nitrogens with zero attached hydrogens (tertiary/aromatic N) is 1. The Hall–Kier alpha value is -1.53. The van der Waals surface area contributed by atoms with Crippen LogP contribution in [-0.4, -0.2) is 37.6 Å². The number of carbonyl (C=O) groups excluding carboxylic acids is 1. The normalized spacial score (nSPS) is 13.9. The van der Waals surface area contributed by atoms with Crippen molar-refractivity contribution in [1.29, 1.82) is 0 Å². The maximum atomic E-state index is 13.2. The molecule has 0 radical (unpaired) electrons. The van der Waals surface area contributed by atoms with Crippen LogP contribution in [0.15, 0.2) is 18.2 Å². The van der Waals surface area contributed by atoms with Crippen LogP contribution in [-0.2, 0) is 9.53 Å². The lowest BCUT2D eigenvalue weighted by molar-refractivity contribution is -0.133. The van der Waals surface area contributed by atoms with Gasteiger partial charge < -0.3 is 15.4 Å². The van der Waals surface area contributed by atoms with Crippen molar-refractivity contribution in [3.8, 4) is 0 Å². The van der Waals surface area contributed by atoms with Crippen LogP contribution in [0.3, 0.4) is 0 Å². The molecule has 1 rings (SSSR count). The van der Waals surface area contributed by atoms with Crippen molar-refractivity contribution in [3.63, 3.8) is 0 Å². The van der Waals surface area contributed by atoms with E-state index in [2.05, 4.69) is 0 Å². The van der Waals surface area contributed by atoms with Gasteiger partial charge in [-0.05, 0) is 31.0 Å². The Bertz CT molecular complexity index is 468. The highest BCUT2D eigenvalue weighted by atomic mass is 19.2. The van der Waals surface area contributed by atoms with E-state index < -0.39 is 23.7 Å². The molecule has 0 bridgehead atoms. The number of nitrogens with two attached hydrogens (primary N) is 1. The van der Waals surface area contributed by atoms with Gasteiger partial charge in [-0.25, -0.2) is 8.78 Å². The maximum Gasteiger partial charge on any atom is 0.239 e. The molecule has 2 N–H and O–H groups in total. The first-order valence-electron chi connectivity index (χ1n) is 6.34. The summed E-state index contributed by atoms with van der Waals surface area (Å²) in [7, 11) is 3.12. The molecule has 0 aliphatic carbocycles. The Labute approximate surface area is 117 Å². The second-order valence-electron chi connectivity index (χ2n) is 4.69. The van der Waals surface area contributed by atoms with Crippen LogP contribution in [0, 0.1) is 11.6 Å². The Morgan fingerprint density at radius 2 is 2.05 bits per heavy atom. The van der Waals surface area contributed by atoms with Crippen LogP contribution in [0.5, 0.6) is 0 Å². The second kappa shape index (κ2) is 7.31. The first kappa shape index (κ1) is 16.5. The second-order valence-corrected chi connectivity index (χ2v) is 4.69. The number of likely N-dealkylation sites (N-methyl/N-ethyl adjacent to an activating group) is 1. The van der Waals surface area contributed by atoms with Crippen molar-refractivity contribution in [2.24, 2.45) is 5.73 Å². The Morgan fingerprint density at radius 3 is 2.60 bits per heavy atom. The summed E-state index contributed by atoms with van der Waals surface area (Å²) in [4.78, 5) is 13.5. The fourth-order valence-electron chi connectivity index (χ4n) is 1.82. The SMILES string of the molecule is COCCC(N)C(=O)N(C)C(C)c1ccc(F)c(F)c1. The van der Waals surface area contributed by atoms with Crippen LogP contribution in [0.2, 0.25) is 0 Å². The summed E-state index contributed by atoms with van der Waals surface area (Å²) in [6, 6.07) is 2.52. The van der Waals surface area contributed by atoms with Crippen molar-refractivity contribution < 1.29 is 18.3 Å². The molecule has 2 unspecified atom stereocenters. The minimum atomic E-state index is -0.932. The molecule has 112 valence electrons. The molecule has 0 aromatic heterocycles. The lowest BCUT2D eigenvalue weighted by Crippen LogP contribution is -2.43. The van der Waals surface area contributed by atoms with Crippen LogP contribution < -0.4 is 5.73 Å². The van der Waals surface area contributed by atoms with Gasteiger partial charge in [0.05, 0.1) is 12.1 Å². The van der Waals surface area contributed by atoms with Gasteiger partial charge in [-0.15, -0.1) is 0 Å². The van der Waals surface area contributed by atoms with E-state index in [1.165, 1.54) is 18.1 Å². The van der Waals surface area contributed by atoms with E-state index in [0.29, 0.717) is 18.6 Å². The molecule has 1 aromatic carbocycles. The van der Waals surface area contributed by atoms with Gasteiger partial charge in [-0.1, -0.05) is 6.07 Å². The zero-order chi connectivity index (χ0) is 15.3. The predicted molar refractivity (Wildman–Crippen MR) is 72.0 cm³/mol. The number of carbonyl (C=O) groups is 1. The van der Waals surface area contributed by atoms with Crippen LogP contribution in [0.4, 0.5) is 8.78 Å². The molecule has 20 heavy (non-hydrogen) atoms. The molecule has 0 saturated heterocycles. The molecule has 0 heterocycles. The number of amides is 1. The molecule has 4 nitrogen and oxygen atoms in total. The van der Waals surface area contributed by atoms with E-state index in [1.807, 2.05) is 0 Å². The summed E-state index contributed by atoms with van der Waals surface area (Å²) in [5, 5.41) is 0. The minimum Gasteiger partial charge on any atom is -0.385 e. The first-order chi connectivity index (χ1) is 9.38. The number of halogens is 2. The number of hydrogen-bond acceptors (Lipinski definition) is 3. The number of ether oxygens (including phenoxy) is 1. The average molecular weight is 286 g/mol. The van der Waals surface area contributed by atoms with Crippen molar-refractivity contribution in [3.05, 3.63) is 35.4 Å². The van der Waals surface area contributed by atoms with Crippen molar-refractivity contribution >= 4 is 5.91 Å². The summed E-state index contributed by atoms with van der Waals surface area (Å²) in [6.07, 6.45) is 0.407. The van der Waals surface area contributed by atoms with E-state index in [4.69, 9.17) is 10.5 Å². The summed E-state index contributed by atoms with van der Waals surface area (Å²) < 4.78 is 31.0. The lowest BCUT2D eigenvalue weighted by atomic mass is 10.1. The molecule has 0 aliphatic heterocycles. The number of methoxy groups -OCH3 is 1. The summed E-state index contributed by atoms with van der Waals surface area (Å²) >= 11 is 0. The van der Waals surface area contributed by atoms with E-state index >= 15 is 0 Å². The van der Waals surface area contributed by atoms with Crippen molar-refractivity contribution in [2.45, 2.75) is 25.4 Å².